The van der Waals surface area contributed by atoms with Crippen molar-refractivity contribution < 1.29 is 14.3 Å². The molecule has 0 aliphatic rings. The van der Waals surface area contributed by atoms with E-state index < -0.39 is 17.3 Å². The van der Waals surface area contributed by atoms with E-state index in [1.54, 1.807) is 6.92 Å². The van der Waals surface area contributed by atoms with Crippen LogP contribution < -0.4 is 5.32 Å². The number of carbonyl (C=O) groups excluding carboxylic acids is 2. The summed E-state index contributed by atoms with van der Waals surface area (Å²) in [4.78, 5) is 21.9. The Hall–Kier alpha value is -0.995. The Balaban J connectivity index is 4.50. The number of hydrogen-bond acceptors (Lipinski definition) is 3. The van der Waals surface area contributed by atoms with Crippen molar-refractivity contribution in [2.75, 3.05) is 7.11 Å². The molecule has 13 heavy (non-hydrogen) atoms. The zero-order valence-corrected chi connectivity index (χ0v) is 8.22. The highest BCUT2D eigenvalue weighted by molar-refractivity contribution is 6.57. The highest BCUT2D eigenvalue weighted by Crippen LogP contribution is 2.13. The minimum atomic E-state index is -1.00. The number of methoxy groups -OCH3 is 1. The van der Waals surface area contributed by atoms with E-state index in [2.05, 4.69) is 10.1 Å². The fraction of sp³-hybridized carbons (Fsp3) is 0.750. The van der Waals surface area contributed by atoms with Crippen molar-refractivity contribution in [3.8, 4) is 0 Å². The Bertz CT molecular complexity index is 208. The summed E-state index contributed by atoms with van der Waals surface area (Å²) in [5.74, 6) is -1.20. The molecule has 0 aromatic carbocycles. The Morgan fingerprint density at radius 3 is 2.38 bits per heavy atom. The molecule has 0 rings (SSSR count). The highest BCUT2D eigenvalue weighted by Gasteiger charge is 2.33. The molecule has 4 nitrogen and oxygen atoms in total. The van der Waals surface area contributed by atoms with Gasteiger partial charge in [-0.25, -0.2) is 4.79 Å². The molecular weight excluding hydrogens is 169 g/mol. The Morgan fingerprint density at radius 1 is 1.54 bits per heavy atom. The van der Waals surface area contributed by atoms with Crippen LogP contribution in [0.5, 0.6) is 0 Å². The maximum absolute atomic E-state index is 11.3. The first kappa shape index (κ1) is 12.0. The van der Waals surface area contributed by atoms with Crippen LogP contribution in [0, 0.1) is 0 Å². The standard InChI is InChI=1S/C8H14BNO3/c1-4-5-8(2,6(11)13-3)10-7(9)12/h4-5H2,1-3H3,(H,10,12). The van der Waals surface area contributed by atoms with E-state index in [1.807, 2.05) is 6.92 Å². The first-order valence-electron chi connectivity index (χ1n) is 4.12. The van der Waals surface area contributed by atoms with Gasteiger partial charge in [0.25, 0.3) is 0 Å². The predicted octanol–water partition coefficient (Wildman–Crippen LogP) is 0.596. The van der Waals surface area contributed by atoms with E-state index in [1.165, 1.54) is 7.11 Å². The number of amides is 1. The van der Waals surface area contributed by atoms with Crippen LogP contribution in [-0.2, 0) is 9.53 Å². The van der Waals surface area contributed by atoms with Gasteiger partial charge in [0.15, 0.2) is 5.81 Å². The molecule has 5 heteroatoms. The third-order valence-electron chi connectivity index (χ3n) is 1.79. The van der Waals surface area contributed by atoms with Crippen LogP contribution in [-0.4, -0.2) is 32.3 Å². The number of ether oxygens (including phenoxy) is 1. The van der Waals surface area contributed by atoms with Crippen LogP contribution in [0.25, 0.3) is 0 Å². The lowest BCUT2D eigenvalue weighted by atomic mass is 9.94. The maximum Gasteiger partial charge on any atom is 0.331 e. The van der Waals surface area contributed by atoms with Crippen molar-refractivity contribution in [1.29, 1.82) is 0 Å². The molecule has 0 bridgehead atoms. The van der Waals surface area contributed by atoms with Gasteiger partial charge in [-0.05, 0) is 13.3 Å². The summed E-state index contributed by atoms with van der Waals surface area (Å²) in [5, 5.41) is 2.37. The summed E-state index contributed by atoms with van der Waals surface area (Å²) in [5.41, 5.74) is -1.00. The molecule has 0 aliphatic heterocycles. The van der Waals surface area contributed by atoms with Crippen molar-refractivity contribution in [3.63, 3.8) is 0 Å². The molecule has 0 aromatic heterocycles. The van der Waals surface area contributed by atoms with Crippen LogP contribution in [0.15, 0.2) is 0 Å². The van der Waals surface area contributed by atoms with Gasteiger partial charge in [0, 0.05) is 0 Å². The van der Waals surface area contributed by atoms with E-state index in [-0.39, 0.29) is 0 Å². The summed E-state index contributed by atoms with van der Waals surface area (Å²) in [6, 6.07) is 0. The van der Waals surface area contributed by atoms with Gasteiger partial charge >= 0.3 is 5.97 Å². The average Bonchev–Trinajstić information content (AvgIpc) is 2.02. The average molecular weight is 183 g/mol. The van der Waals surface area contributed by atoms with Crippen molar-refractivity contribution in [2.45, 2.75) is 32.2 Å². The molecule has 1 unspecified atom stereocenters. The van der Waals surface area contributed by atoms with Gasteiger partial charge in [-0.1, -0.05) is 13.3 Å². The SMILES string of the molecule is [B]C(=O)NC(C)(CCC)C(=O)OC. The quantitative estimate of drug-likeness (QED) is 0.512. The highest BCUT2D eigenvalue weighted by atomic mass is 16.5. The summed E-state index contributed by atoms with van der Waals surface area (Å²) < 4.78 is 4.56. The van der Waals surface area contributed by atoms with Crippen LogP contribution in [0.2, 0.25) is 0 Å². The summed E-state index contributed by atoms with van der Waals surface area (Å²) >= 11 is 0. The number of carbonyl (C=O) groups is 2. The molecule has 1 atom stereocenters. The van der Waals surface area contributed by atoms with Gasteiger partial charge in [-0.15, -0.1) is 0 Å². The van der Waals surface area contributed by atoms with Crippen molar-refractivity contribution in [2.24, 2.45) is 0 Å². The largest absolute Gasteiger partial charge is 0.467 e. The lowest BCUT2D eigenvalue weighted by Gasteiger charge is -2.27. The molecule has 1 N–H and O–H groups in total. The molecule has 72 valence electrons. The number of rotatable bonds is 4. The Kier molecular flexibility index (Phi) is 4.52. The lowest BCUT2D eigenvalue weighted by Crippen LogP contribution is -2.52. The summed E-state index contributed by atoms with van der Waals surface area (Å²) in [6.07, 6.45) is 1.26. The van der Waals surface area contributed by atoms with Gasteiger partial charge in [0.2, 0.25) is 7.85 Å². The van der Waals surface area contributed by atoms with Gasteiger partial charge in [0.1, 0.15) is 5.54 Å². The smallest absolute Gasteiger partial charge is 0.331 e. The fourth-order valence-electron chi connectivity index (χ4n) is 1.21. The van der Waals surface area contributed by atoms with Crippen LogP contribution in [0.1, 0.15) is 26.7 Å². The summed E-state index contributed by atoms with van der Waals surface area (Å²) in [6.45, 7) is 3.50. The first-order chi connectivity index (χ1) is 5.96. The maximum atomic E-state index is 11.3. The number of nitrogens with one attached hydrogen (secondary N) is 1. The van der Waals surface area contributed by atoms with Gasteiger partial charge in [-0.2, -0.15) is 0 Å². The molecule has 0 heterocycles. The van der Waals surface area contributed by atoms with E-state index in [0.717, 1.165) is 6.42 Å². The molecule has 2 radical (unpaired) electrons. The third kappa shape index (κ3) is 3.48. The molecule has 0 aromatic rings. The first-order valence-corrected chi connectivity index (χ1v) is 4.12. The second kappa shape index (κ2) is 4.89. The molecule has 0 aliphatic carbocycles. The van der Waals surface area contributed by atoms with Crippen molar-refractivity contribution >= 4 is 19.6 Å². The molecule has 0 saturated carbocycles. The van der Waals surface area contributed by atoms with Crippen molar-refractivity contribution in [3.05, 3.63) is 0 Å². The molecule has 0 saturated heterocycles. The Morgan fingerprint density at radius 2 is 2.08 bits per heavy atom. The van der Waals surface area contributed by atoms with Crippen LogP contribution >= 0.6 is 0 Å². The molecule has 0 fully saturated rings. The fourth-order valence-corrected chi connectivity index (χ4v) is 1.21. The number of esters is 1. The second-order valence-corrected chi connectivity index (χ2v) is 3.06. The minimum Gasteiger partial charge on any atom is -0.467 e. The summed E-state index contributed by atoms with van der Waals surface area (Å²) in [7, 11) is 6.22. The van der Waals surface area contributed by atoms with Gasteiger partial charge < -0.3 is 10.1 Å². The zero-order valence-electron chi connectivity index (χ0n) is 8.22. The van der Waals surface area contributed by atoms with Crippen molar-refractivity contribution in [1.82, 2.24) is 5.32 Å². The number of hydrogen-bond donors (Lipinski definition) is 1. The zero-order chi connectivity index (χ0) is 10.5. The molecule has 1 amide bonds. The topological polar surface area (TPSA) is 55.4 Å². The van der Waals surface area contributed by atoms with Crippen LogP contribution in [0.4, 0.5) is 4.79 Å². The van der Waals surface area contributed by atoms with E-state index in [4.69, 9.17) is 7.85 Å². The predicted molar refractivity (Wildman–Crippen MR) is 49.6 cm³/mol. The van der Waals surface area contributed by atoms with E-state index in [0.29, 0.717) is 6.42 Å². The van der Waals surface area contributed by atoms with Gasteiger partial charge in [0.05, 0.1) is 7.11 Å². The van der Waals surface area contributed by atoms with E-state index >= 15 is 0 Å². The van der Waals surface area contributed by atoms with Crippen LogP contribution in [0.3, 0.4) is 0 Å². The molecular formula is C8H14BNO3. The van der Waals surface area contributed by atoms with Gasteiger partial charge in [-0.3, -0.25) is 4.79 Å². The normalized spacial score (nSPS) is 14.4. The minimum absolute atomic E-state index is 0.479. The Labute approximate surface area is 79.4 Å². The molecule has 0 spiro atoms. The third-order valence-corrected chi connectivity index (χ3v) is 1.79. The second-order valence-electron chi connectivity index (χ2n) is 3.06. The van der Waals surface area contributed by atoms with E-state index in [9.17, 15) is 9.59 Å². The monoisotopic (exact) mass is 183 g/mol. The lowest BCUT2D eigenvalue weighted by molar-refractivity contribution is -0.147.